The van der Waals surface area contributed by atoms with Crippen molar-refractivity contribution in [1.82, 2.24) is 9.78 Å². The molecule has 0 bridgehead atoms. The highest BCUT2D eigenvalue weighted by atomic mass is 35.5. The van der Waals surface area contributed by atoms with Gasteiger partial charge in [0.1, 0.15) is 0 Å². The van der Waals surface area contributed by atoms with Crippen LogP contribution in [-0.4, -0.2) is 15.7 Å². The number of carbonyl (C=O) groups excluding carboxylic acids is 1. The molecule has 0 saturated carbocycles. The fourth-order valence-electron chi connectivity index (χ4n) is 3.03. The third kappa shape index (κ3) is 4.01. The van der Waals surface area contributed by atoms with Gasteiger partial charge in [0.05, 0.1) is 22.0 Å². The van der Waals surface area contributed by atoms with Crippen molar-refractivity contribution >= 4 is 45.6 Å². The number of fused-ring (bicyclic) bond motifs is 1. The van der Waals surface area contributed by atoms with Gasteiger partial charge in [-0.15, -0.1) is 0 Å². The second-order valence-electron chi connectivity index (χ2n) is 6.43. The van der Waals surface area contributed by atoms with E-state index < -0.39 is 5.91 Å². The summed E-state index contributed by atoms with van der Waals surface area (Å²) >= 11 is 12.0. The molecule has 0 unspecified atom stereocenters. The van der Waals surface area contributed by atoms with E-state index in [1.807, 2.05) is 30.3 Å². The smallest absolute Gasteiger partial charge is 0.276 e. The fraction of sp³-hybridized carbons (Fsp3) is 0.0455. The molecule has 5 nitrogen and oxygen atoms in total. The van der Waals surface area contributed by atoms with Gasteiger partial charge in [-0.25, -0.2) is 4.68 Å². The van der Waals surface area contributed by atoms with Crippen molar-refractivity contribution in [3.8, 4) is 0 Å². The average Bonchev–Trinajstić information content (AvgIpc) is 2.73. The first-order chi connectivity index (χ1) is 14.0. The number of halogens is 2. The van der Waals surface area contributed by atoms with Gasteiger partial charge in [-0.2, -0.15) is 5.10 Å². The van der Waals surface area contributed by atoms with Crippen LogP contribution in [0.5, 0.6) is 0 Å². The first kappa shape index (κ1) is 19.2. The van der Waals surface area contributed by atoms with Crippen LogP contribution in [0, 0.1) is 0 Å². The topological polar surface area (TPSA) is 64.0 Å². The number of benzene rings is 3. The number of rotatable bonds is 4. The molecule has 0 atom stereocenters. The molecule has 0 saturated heterocycles. The normalized spacial score (nSPS) is 10.8. The molecule has 0 aliphatic heterocycles. The first-order valence-corrected chi connectivity index (χ1v) is 9.59. The van der Waals surface area contributed by atoms with E-state index in [0.29, 0.717) is 26.5 Å². The van der Waals surface area contributed by atoms with E-state index >= 15 is 0 Å². The van der Waals surface area contributed by atoms with Crippen molar-refractivity contribution in [1.29, 1.82) is 0 Å². The fourth-order valence-corrected chi connectivity index (χ4v) is 3.33. The van der Waals surface area contributed by atoms with Crippen LogP contribution in [0.15, 0.2) is 77.6 Å². The lowest BCUT2D eigenvalue weighted by atomic mass is 10.1. The number of nitrogens with one attached hydrogen (secondary N) is 1. The summed E-state index contributed by atoms with van der Waals surface area (Å²) in [7, 11) is 0. The lowest BCUT2D eigenvalue weighted by Crippen LogP contribution is -2.28. The molecule has 0 fully saturated rings. The summed E-state index contributed by atoms with van der Waals surface area (Å²) in [6, 6.07) is 21.2. The molecule has 0 aliphatic rings. The molecule has 0 aliphatic carbocycles. The van der Waals surface area contributed by atoms with E-state index in [9.17, 15) is 9.59 Å². The van der Waals surface area contributed by atoms with Gasteiger partial charge < -0.3 is 5.32 Å². The van der Waals surface area contributed by atoms with E-state index in [2.05, 4.69) is 10.4 Å². The average molecular weight is 424 g/mol. The SMILES string of the molecule is O=C(Nc1ccc(Cl)c(Cl)c1)c1nn(Cc2ccccc2)c(=O)c2ccccc12. The quantitative estimate of drug-likeness (QED) is 0.501. The number of carbonyl (C=O) groups is 1. The number of aromatic nitrogens is 2. The van der Waals surface area contributed by atoms with Gasteiger partial charge in [0, 0.05) is 11.1 Å². The number of anilines is 1. The highest BCUT2D eigenvalue weighted by Gasteiger charge is 2.17. The molecule has 4 aromatic rings. The largest absolute Gasteiger partial charge is 0.321 e. The van der Waals surface area contributed by atoms with Crippen molar-refractivity contribution in [2.45, 2.75) is 6.54 Å². The zero-order chi connectivity index (χ0) is 20.4. The predicted molar refractivity (Wildman–Crippen MR) is 116 cm³/mol. The monoisotopic (exact) mass is 423 g/mol. The van der Waals surface area contributed by atoms with Crippen LogP contribution in [0.4, 0.5) is 5.69 Å². The summed E-state index contributed by atoms with van der Waals surface area (Å²) < 4.78 is 1.31. The van der Waals surface area contributed by atoms with Crippen molar-refractivity contribution < 1.29 is 4.79 Å². The highest BCUT2D eigenvalue weighted by Crippen LogP contribution is 2.25. The van der Waals surface area contributed by atoms with E-state index in [4.69, 9.17) is 23.2 Å². The minimum atomic E-state index is -0.443. The third-order valence-electron chi connectivity index (χ3n) is 4.44. The molecule has 7 heteroatoms. The van der Waals surface area contributed by atoms with Gasteiger partial charge in [0.15, 0.2) is 5.69 Å². The Labute approximate surface area is 176 Å². The van der Waals surface area contributed by atoms with Gasteiger partial charge in [-0.3, -0.25) is 9.59 Å². The van der Waals surface area contributed by atoms with Crippen LogP contribution in [0.3, 0.4) is 0 Å². The molecular formula is C22H15Cl2N3O2. The van der Waals surface area contributed by atoms with Crippen LogP contribution < -0.4 is 10.9 Å². The lowest BCUT2D eigenvalue weighted by Gasteiger charge is -2.12. The minimum Gasteiger partial charge on any atom is -0.321 e. The predicted octanol–water partition coefficient (Wildman–Crippen LogP) is 5.00. The summed E-state index contributed by atoms with van der Waals surface area (Å²) in [4.78, 5) is 25.9. The number of hydrogen-bond acceptors (Lipinski definition) is 3. The molecule has 3 aromatic carbocycles. The molecule has 0 radical (unpaired) electrons. The molecule has 0 spiro atoms. The molecule has 1 aromatic heterocycles. The molecule has 4 rings (SSSR count). The number of hydrogen-bond donors (Lipinski definition) is 1. The van der Waals surface area contributed by atoms with Crippen LogP contribution >= 0.6 is 23.2 Å². The van der Waals surface area contributed by atoms with E-state index in [1.54, 1.807) is 42.5 Å². The molecule has 1 amide bonds. The van der Waals surface area contributed by atoms with Crippen molar-refractivity contribution in [3.63, 3.8) is 0 Å². The Morgan fingerprint density at radius 2 is 1.59 bits per heavy atom. The zero-order valence-electron chi connectivity index (χ0n) is 15.1. The van der Waals surface area contributed by atoms with E-state index in [-0.39, 0.29) is 17.8 Å². The maximum Gasteiger partial charge on any atom is 0.276 e. The molecular weight excluding hydrogens is 409 g/mol. The summed E-state index contributed by atoms with van der Waals surface area (Å²) in [6.45, 7) is 0.261. The first-order valence-electron chi connectivity index (χ1n) is 8.83. The summed E-state index contributed by atoms with van der Waals surface area (Å²) in [5.41, 5.74) is 1.29. The Kier molecular flexibility index (Phi) is 5.34. The maximum atomic E-state index is 13.0. The van der Waals surface area contributed by atoms with Gasteiger partial charge in [0.2, 0.25) is 0 Å². The van der Waals surface area contributed by atoms with Gasteiger partial charge in [0.25, 0.3) is 11.5 Å². The Bertz CT molecular complexity index is 1270. The lowest BCUT2D eigenvalue weighted by molar-refractivity contribution is 0.102. The Balaban J connectivity index is 1.78. The van der Waals surface area contributed by atoms with Crippen LogP contribution in [0.2, 0.25) is 10.0 Å². The summed E-state index contributed by atoms with van der Waals surface area (Å²) in [5.74, 6) is -0.443. The van der Waals surface area contributed by atoms with Crippen molar-refractivity contribution in [2.75, 3.05) is 5.32 Å². The van der Waals surface area contributed by atoms with Gasteiger partial charge >= 0.3 is 0 Å². The minimum absolute atomic E-state index is 0.155. The summed E-state index contributed by atoms with van der Waals surface area (Å²) in [6.07, 6.45) is 0. The Morgan fingerprint density at radius 1 is 0.897 bits per heavy atom. The standard InChI is InChI=1S/C22H15Cl2N3O2/c23-18-11-10-15(12-19(18)24)25-21(28)20-16-8-4-5-9-17(16)22(29)27(26-20)13-14-6-2-1-3-7-14/h1-12H,13H2,(H,25,28). The van der Waals surface area contributed by atoms with Gasteiger partial charge in [-0.05, 0) is 29.8 Å². The maximum absolute atomic E-state index is 13.0. The second kappa shape index (κ2) is 8.07. The molecule has 1 N–H and O–H groups in total. The summed E-state index contributed by atoms with van der Waals surface area (Å²) in [5, 5.41) is 8.77. The highest BCUT2D eigenvalue weighted by molar-refractivity contribution is 6.42. The number of nitrogens with zero attached hydrogens (tertiary/aromatic N) is 2. The van der Waals surface area contributed by atoms with Crippen LogP contribution in [0.25, 0.3) is 10.8 Å². The van der Waals surface area contributed by atoms with Crippen LogP contribution in [-0.2, 0) is 6.54 Å². The van der Waals surface area contributed by atoms with E-state index in [1.165, 1.54) is 4.68 Å². The Morgan fingerprint density at radius 3 is 2.31 bits per heavy atom. The third-order valence-corrected chi connectivity index (χ3v) is 5.17. The molecule has 144 valence electrons. The van der Waals surface area contributed by atoms with Crippen LogP contribution in [0.1, 0.15) is 16.1 Å². The van der Waals surface area contributed by atoms with E-state index in [0.717, 1.165) is 5.56 Å². The second-order valence-corrected chi connectivity index (χ2v) is 7.24. The van der Waals surface area contributed by atoms with Crippen molar-refractivity contribution in [2.24, 2.45) is 0 Å². The zero-order valence-corrected chi connectivity index (χ0v) is 16.6. The van der Waals surface area contributed by atoms with Crippen molar-refractivity contribution in [3.05, 3.63) is 104 Å². The molecule has 1 heterocycles. The number of amides is 1. The molecule has 29 heavy (non-hydrogen) atoms. The van der Waals surface area contributed by atoms with Gasteiger partial charge in [-0.1, -0.05) is 71.7 Å². The Hall–Kier alpha value is -3.15.